The van der Waals surface area contributed by atoms with Crippen molar-refractivity contribution in [2.45, 2.75) is 70.7 Å². The Morgan fingerprint density at radius 2 is 1.94 bits per heavy atom. The van der Waals surface area contributed by atoms with Crippen LogP contribution in [0.5, 0.6) is 0 Å². The normalized spacial score (nSPS) is 12.7. The number of unbranched alkanes of at least 4 members (excludes halogenated alkanes) is 3. The predicted octanol–water partition coefficient (Wildman–Crippen LogP) is 4.37. The highest BCUT2D eigenvalue weighted by molar-refractivity contribution is 8.00. The average molecular weight is 278 g/mol. The van der Waals surface area contributed by atoms with Crippen LogP contribution in [0.2, 0.25) is 0 Å². The smallest absolute Gasteiger partial charge is 0.319 e. The number of ether oxygens (including phenoxy) is 1. The van der Waals surface area contributed by atoms with Crippen molar-refractivity contribution < 1.29 is 13.9 Å². The van der Waals surface area contributed by atoms with E-state index in [2.05, 4.69) is 6.92 Å². The number of halogens is 1. The Kier molecular flexibility index (Phi) is 11.7. The summed E-state index contributed by atoms with van der Waals surface area (Å²) in [6.07, 6.45) is 5.50. The second kappa shape index (κ2) is 11.8. The first kappa shape index (κ1) is 17.8. The number of hydrogen-bond donors (Lipinski definition) is 0. The van der Waals surface area contributed by atoms with E-state index in [4.69, 9.17) is 4.74 Å². The molecule has 0 fully saturated rings. The topological polar surface area (TPSA) is 26.3 Å². The lowest BCUT2D eigenvalue weighted by molar-refractivity contribution is -0.146. The minimum absolute atomic E-state index is 0.0438. The fraction of sp³-hybridized carbons (Fsp3) is 0.929. The minimum Gasteiger partial charge on any atom is -0.462 e. The molecule has 1 atom stereocenters. The van der Waals surface area contributed by atoms with E-state index >= 15 is 0 Å². The van der Waals surface area contributed by atoms with Gasteiger partial charge in [0.1, 0.15) is 5.25 Å². The Hall–Kier alpha value is -0.250. The molecule has 18 heavy (non-hydrogen) atoms. The molecule has 0 heterocycles. The van der Waals surface area contributed by atoms with Crippen LogP contribution in [0.4, 0.5) is 4.39 Å². The number of rotatable bonds is 11. The molecule has 4 heteroatoms. The summed E-state index contributed by atoms with van der Waals surface area (Å²) in [5, 5.41) is -0.0438. The SMILES string of the molecule is CCCCC(SCCCCCF)C(=O)OC(C)C. The lowest BCUT2D eigenvalue weighted by atomic mass is 10.2. The van der Waals surface area contributed by atoms with Crippen LogP contribution in [0.15, 0.2) is 0 Å². The van der Waals surface area contributed by atoms with Gasteiger partial charge in [-0.25, -0.2) is 0 Å². The molecule has 0 aliphatic carbocycles. The van der Waals surface area contributed by atoms with Crippen molar-refractivity contribution in [3.63, 3.8) is 0 Å². The fourth-order valence-electron chi connectivity index (χ4n) is 1.57. The van der Waals surface area contributed by atoms with E-state index in [0.717, 1.165) is 37.9 Å². The molecule has 2 nitrogen and oxygen atoms in total. The van der Waals surface area contributed by atoms with Gasteiger partial charge in [-0.1, -0.05) is 26.2 Å². The summed E-state index contributed by atoms with van der Waals surface area (Å²) in [6, 6.07) is 0. The lowest BCUT2D eigenvalue weighted by Crippen LogP contribution is -2.23. The van der Waals surface area contributed by atoms with Crippen LogP contribution >= 0.6 is 11.8 Å². The van der Waals surface area contributed by atoms with E-state index in [1.54, 1.807) is 11.8 Å². The van der Waals surface area contributed by atoms with Crippen LogP contribution in [0.25, 0.3) is 0 Å². The number of carbonyl (C=O) groups excluding carboxylic acids is 1. The van der Waals surface area contributed by atoms with Gasteiger partial charge in [0.2, 0.25) is 0 Å². The Labute approximate surface area is 115 Å². The molecule has 0 aromatic heterocycles. The maximum atomic E-state index is 11.9. The Bertz CT molecular complexity index is 210. The summed E-state index contributed by atoms with van der Waals surface area (Å²) < 4.78 is 17.2. The highest BCUT2D eigenvalue weighted by Crippen LogP contribution is 2.21. The first-order valence-corrected chi connectivity index (χ1v) is 8.04. The van der Waals surface area contributed by atoms with Gasteiger partial charge < -0.3 is 4.74 Å². The quantitative estimate of drug-likeness (QED) is 0.415. The third-order valence-electron chi connectivity index (χ3n) is 2.53. The van der Waals surface area contributed by atoms with E-state index in [-0.39, 0.29) is 24.0 Å². The molecule has 0 saturated carbocycles. The molecule has 0 aromatic rings. The van der Waals surface area contributed by atoms with E-state index in [0.29, 0.717) is 6.42 Å². The van der Waals surface area contributed by atoms with Gasteiger partial charge in [0.05, 0.1) is 12.8 Å². The summed E-state index contributed by atoms with van der Waals surface area (Å²) in [7, 11) is 0. The largest absolute Gasteiger partial charge is 0.462 e. The second-order valence-electron chi connectivity index (χ2n) is 4.74. The maximum absolute atomic E-state index is 11.9. The van der Waals surface area contributed by atoms with E-state index in [9.17, 15) is 9.18 Å². The second-order valence-corrected chi connectivity index (χ2v) is 6.05. The molecule has 0 rings (SSSR count). The van der Waals surface area contributed by atoms with Gasteiger partial charge >= 0.3 is 5.97 Å². The molecule has 0 radical (unpaired) electrons. The van der Waals surface area contributed by atoms with Gasteiger partial charge in [0, 0.05) is 0 Å². The first-order valence-electron chi connectivity index (χ1n) is 6.99. The van der Waals surface area contributed by atoms with Gasteiger partial charge in [-0.05, 0) is 38.9 Å². The number of esters is 1. The molecule has 0 amide bonds. The van der Waals surface area contributed by atoms with Gasteiger partial charge in [0.25, 0.3) is 0 Å². The zero-order chi connectivity index (χ0) is 13.8. The van der Waals surface area contributed by atoms with Crippen molar-refractivity contribution in [3.05, 3.63) is 0 Å². The monoisotopic (exact) mass is 278 g/mol. The fourth-order valence-corrected chi connectivity index (χ4v) is 2.75. The van der Waals surface area contributed by atoms with Crippen molar-refractivity contribution >= 4 is 17.7 Å². The van der Waals surface area contributed by atoms with Crippen LogP contribution in [0.1, 0.15) is 59.3 Å². The van der Waals surface area contributed by atoms with Crippen molar-refractivity contribution in [3.8, 4) is 0 Å². The number of hydrogen-bond acceptors (Lipinski definition) is 3. The van der Waals surface area contributed by atoms with Crippen molar-refractivity contribution in [2.75, 3.05) is 12.4 Å². The summed E-state index contributed by atoms with van der Waals surface area (Å²) in [6.45, 7) is 5.64. The molecule has 0 aromatic carbocycles. The third-order valence-corrected chi connectivity index (χ3v) is 3.89. The zero-order valence-electron chi connectivity index (χ0n) is 11.9. The van der Waals surface area contributed by atoms with Crippen LogP contribution in [-0.2, 0) is 9.53 Å². The lowest BCUT2D eigenvalue weighted by Gasteiger charge is -2.17. The van der Waals surface area contributed by atoms with Gasteiger partial charge in [-0.3, -0.25) is 9.18 Å². The Morgan fingerprint density at radius 3 is 2.50 bits per heavy atom. The summed E-state index contributed by atoms with van der Waals surface area (Å²) in [5.74, 6) is 0.829. The number of thioether (sulfide) groups is 1. The molecule has 108 valence electrons. The summed E-state index contributed by atoms with van der Waals surface area (Å²) in [5.41, 5.74) is 0. The highest BCUT2D eigenvalue weighted by Gasteiger charge is 2.20. The molecule has 1 unspecified atom stereocenters. The van der Waals surface area contributed by atoms with E-state index in [1.165, 1.54) is 0 Å². The zero-order valence-corrected chi connectivity index (χ0v) is 12.7. The standard InChI is InChI=1S/C14H27FO2S/c1-4-5-9-13(14(16)17-12(2)3)18-11-8-6-7-10-15/h12-13H,4-11H2,1-3H3. The van der Waals surface area contributed by atoms with Crippen molar-refractivity contribution in [1.29, 1.82) is 0 Å². The third kappa shape index (κ3) is 9.75. The van der Waals surface area contributed by atoms with Crippen LogP contribution in [-0.4, -0.2) is 29.8 Å². The van der Waals surface area contributed by atoms with Crippen LogP contribution in [0, 0.1) is 0 Å². The van der Waals surface area contributed by atoms with Crippen molar-refractivity contribution in [2.24, 2.45) is 0 Å². The summed E-state index contributed by atoms with van der Waals surface area (Å²) >= 11 is 1.67. The highest BCUT2D eigenvalue weighted by atomic mass is 32.2. The van der Waals surface area contributed by atoms with E-state index in [1.807, 2.05) is 13.8 Å². The van der Waals surface area contributed by atoms with E-state index < -0.39 is 0 Å². The molecular formula is C14H27FO2S. The minimum atomic E-state index is -0.237. The number of alkyl halides is 1. The first-order chi connectivity index (χ1) is 8.61. The molecule has 0 saturated heterocycles. The molecule has 0 aliphatic rings. The molecule has 0 bridgehead atoms. The van der Waals surface area contributed by atoms with Crippen molar-refractivity contribution in [1.82, 2.24) is 0 Å². The Morgan fingerprint density at radius 1 is 1.22 bits per heavy atom. The number of carbonyl (C=O) groups is 1. The summed E-state index contributed by atoms with van der Waals surface area (Å²) in [4.78, 5) is 11.9. The molecule has 0 N–H and O–H groups in total. The molecule has 0 aliphatic heterocycles. The van der Waals surface area contributed by atoms with Crippen LogP contribution in [0.3, 0.4) is 0 Å². The van der Waals surface area contributed by atoms with Gasteiger partial charge in [-0.2, -0.15) is 0 Å². The predicted molar refractivity (Wildman–Crippen MR) is 76.8 cm³/mol. The van der Waals surface area contributed by atoms with Gasteiger partial charge in [-0.15, -0.1) is 11.8 Å². The molecule has 0 spiro atoms. The Balaban J connectivity index is 3.93. The maximum Gasteiger partial charge on any atom is 0.319 e. The average Bonchev–Trinajstić information content (AvgIpc) is 2.31. The van der Waals surface area contributed by atoms with Crippen LogP contribution < -0.4 is 0 Å². The van der Waals surface area contributed by atoms with Gasteiger partial charge in [0.15, 0.2) is 0 Å². The molecular weight excluding hydrogens is 251 g/mol.